The Bertz CT molecular complexity index is 373. The van der Waals surface area contributed by atoms with Crippen molar-refractivity contribution in [2.45, 2.75) is 58.4 Å². The molecule has 0 radical (unpaired) electrons. The lowest BCUT2D eigenvalue weighted by atomic mass is 9.87. The predicted molar refractivity (Wildman–Crippen MR) is 76.5 cm³/mol. The first kappa shape index (κ1) is 15.1. The summed E-state index contributed by atoms with van der Waals surface area (Å²) in [6, 6.07) is 0.297. The summed E-state index contributed by atoms with van der Waals surface area (Å²) in [5, 5.41) is 12.0. The second kappa shape index (κ2) is 6.02. The molecule has 1 heterocycles. The molecule has 2 aliphatic rings. The van der Waals surface area contributed by atoms with E-state index in [9.17, 15) is 9.59 Å². The number of urea groups is 1. The average molecular weight is 282 g/mol. The van der Waals surface area contributed by atoms with Crippen molar-refractivity contribution < 1.29 is 14.7 Å². The molecule has 2 N–H and O–H groups in total. The van der Waals surface area contributed by atoms with Crippen LogP contribution in [0.1, 0.15) is 52.4 Å². The lowest BCUT2D eigenvalue weighted by Gasteiger charge is -2.34. The minimum absolute atomic E-state index is 0.0266. The number of piperidine rings is 1. The second-order valence-corrected chi connectivity index (χ2v) is 6.91. The fraction of sp³-hybridized carbons (Fsp3) is 0.867. The van der Waals surface area contributed by atoms with Crippen molar-refractivity contribution in [2.24, 2.45) is 11.3 Å². The van der Waals surface area contributed by atoms with Gasteiger partial charge in [-0.3, -0.25) is 4.79 Å². The monoisotopic (exact) mass is 282 g/mol. The number of nitrogens with one attached hydrogen (secondary N) is 1. The van der Waals surface area contributed by atoms with Crippen molar-refractivity contribution in [1.29, 1.82) is 0 Å². The van der Waals surface area contributed by atoms with Gasteiger partial charge in [-0.2, -0.15) is 0 Å². The van der Waals surface area contributed by atoms with Gasteiger partial charge in [0.15, 0.2) is 0 Å². The molecule has 1 aliphatic carbocycles. The summed E-state index contributed by atoms with van der Waals surface area (Å²) in [4.78, 5) is 24.8. The van der Waals surface area contributed by atoms with Crippen LogP contribution in [0, 0.1) is 11.3 Å². The molecule has 1 aliphatic heterocycles. The highest BCUT2D eigenvalue weighted by atomic mass is 16.4. The number of carbonyl (C=O) groups is 2. The van der Waals surface area contributed by atoms with Gasteiger partial charge in [-0.15, -0.1) is 0 Å². The third-order valence-electron chi connectivity index (χ3n) is 4.92. The van der Waals surface area contributed by atoms with Crippen LogP contribution in [-0.2, 0) is 4.79 Å². The van der Waals surface area contributed by atoms with Gasteiger partial charge in [-0.1, -0.05) is 20.3 Å². The number of carboxylic acid groups (broad SMARTS) is 1. The maximum atomic E-state index is 12.3. The average Bonchev–Trinajstić information content (AvgIpc) is 2.69. The molecule has 1 unspecified atom stereocenters. The molecule has 0 spiro atoms. The van der Waals surface area contributed by atoms with Gasteiger partial charge in [-0.05, 0) is 37.0 Å². The van der Waals surface area contributed by atoms with E-state index < -0.39 is 5.97 Å². The smallest absolute Gasteiger partial charge is 0.317 e. The van der Waals surface area contributed by atoms with Crippen LogP contribution >= 0.6 is 0 Å². The number of likely N-dealkylation sites (tertiary alicyclic amines) is 1. The lowest BCUT2D eigenvalue weighted by Crippen LogP contribution is -2.50. The fourth-order valence-electron chi connectivity index (χ4n) is 3.42. The van der Waals surface area contributed by atoms with Crippen LogP contribution in [0.2, 0.25) is 0 Å². The Morgan fingerprint density at radius 3 is 2.40 bits per heavy atom. The molecule has 2 rings (SSSR count). The Morgan fingerprint density at radius 2 is 1.90 bits per heavy atom. The Morgan fingerprint density at radius 1 is 1.25 bits per heavy atom. The molecule has 0 aromatic heterocycles. The van der Waals surface area contributed by atoms with Gasteiger partial charge in [0.1, 0.15) is 0 Å². The van der Waals surface area contributed by atoms with Gasteiger partial charge in [0.25, 0.3) is 0 Å². The van der Waals surface area contributed by atoms with Crippen molar-refractivity contribution in [3.05, 3.63) is 0 Å². The highest BCUT2D eigenvalue weighted by Crippen LogP contribution is 2.37. The molecular weight excluding hydrogens is 256 g/mol. The van der Waals surface area contributed by atoms with Crippen LogP contribution in [0.4, 0.5) is 4.79 Å². The minimum Gasteiger partial charge on any atom is -0.481 e. The van der Waals surface area contributed by atoms with Crippen LogP contribution < -0.4 is 5.32 Å². The Hall–Kier alpha value is -1.26. The third-order valence-corrected chi connectivity index (χ3v) is 4.92. The topological polar surface area (TPSA) is 69.6 Å². The van der Waals surface area contributed by atoms with Crippen molar-refractivity contribution in [2.75, 3.05) is 13.1 Å². The highest BCUT2D eigenvalue weighted by Gasteiger charge is 2.36. The molecule has 1 saturated carbocycles. The molecule has 2 fully saturated rings. The van der Waals surface area contributed by atoms with Crippen LogP contribution in [0.5, 0.6) is 0 Å². The number of amides is 2. The second-order valence-electron chi connectivity index (χ2n) is 6.91. The number of rotatable bonds is 3. The number of nitrogens with zero attached hydrogens (tertiary/aromatic N) is 1. The fourth-order valence-corrected chi connectivity index (χ4v) is 3.42. The maximum absolute atomic E-state index is 12.3. The largest absolute Gasteiger partial charge is 0.481 e. The van der Waals surface area contributed by atoms with E-state index in [1.54, 1.807) is 0 Å². The van der Waals surface area contributed by atoms with Gasteiger partial charge in [-0.25, -0.2) is 4.79 Å². The summed E-state index contributed by atoms with van der Waals surface area (Å²) in [6.07, 6.45) is 5.23. The SMILES string of the molecule is CC1(C)CCCC1NC(=O)N1CCC(CC(=O)O)CC1. The first-order valence-electron chi connectivity index (χ1n) is 7.66. The Balaban J connectivity index is 1.79. The number of carbonyl (C=O) groups excluding carboxylic acids is 1. The molecule has 114 valence electrons. The van der Waals surface area contributed by atoms with Crippen molar-refractivity contribution >= 4 is 12.0 Å². The lowest BCUT2D eigenvalue weighted by molar-refractivity contribution is -0.138. The van der Waals surface area contributed by atoms with Crippen molar-refractivity contribution in [3.8, 4) is 0 Å². The summed E-state index contributed by atoms with van der Waals surface area (Å²) in [5.41, 5.74) is 0.192. The van der Waals surface area contributed by atoms with Crippen molar-refractivity contribution in [3.63, 3.8) is 0 Å². The van der Waals surface area contributed by atoms with Crippen LogP contribution in [0.25, 0.3) is 0 Å². The van der Waals surface area contributed by atoms with Crippen molar-refractivity contribution in [1.82, 2.24) is 10.2 Å². The predicted octanol–water partition coefficient (Wildman–Crippen LogP) is 2.46. The van der Waals surface area contributed by atoms with E-state index in [4.69, 9.17) is 5.11 Å². The Kier molecular flexibility index (Phi) is 4.55. The van der Waals surface area contributed by atoms with Crippen LogP contribution in [0.3, 0.4) is 0 Å². The molecule has 0 aromatic rings. The third kappa shape index (κ3) is 3.64. The number of hydrogen-bond donors (Lipinski definition) is 2. The van der Waals surface area contributed by atoms with E-state index >= 15 is 0 Å². The van der Waals surface area contributed by atoms with E-state index in [1.165, 1.54) is 12.8 Å². The molecule has 0 bridgehead atoms. The summed E-state index contributed by atoms with van der Waals surface area (Å²) in [7, 11) is 0. The number of carboxylic acids is 1. The zero-order chi connectivity index (χ0) is 14.8. The van der Waals surface area contributed by atoms with Gasteiger partial charge < -0.3 is 15.3 Å². The van der Waals surface area contributed by atoms with E-state index in [0.717, 1.165) is 19.3 Å². The molecule has 2 amide bonds. The van der Waals surface area contributed by atoms with E-state index in [2.05, 4.69) is 19.2 Å². The van der Waals surface area contributed by atoms with Gasteiger partial charge in [0, 0.05) is 25.6 Å². The Labute approximate surface area is 120 Å². The highest BCUT2D eigenvalue weighted by molar-refractivity contribution is 5.74. The van der Waals surface area contributed by atoms with E-state index in [1.807, 2.05) is 4.90 Å². The summed E-state index contributed by atoms with van der Waals surface area (Å²) in [6.45, 7) is 5.78. The van der Waals surface area contributed by atoms with Crippen LogP contribution in [-0.4, -0.2) is 41.1 Å². The summed E-state index contributed by atoms with van der Waals surface area (Å²) >= 11 is 0. The molecule has 1 saturated heterocycles. The molecule has 5 nitrogen and oxygen atoms in total. The molecule has 1 atom stereocenters. The summed E-state index contributed by atoms with van der Waals surface area (Å²) < 4.78 is 0. The van der Waals surface area contributed by atoms with E-state index in [-0.39, 0.29) is 29.8 Å². The zero-order valence-electron chi connectivity index (χ0n) is 12.5. The number of aliphatic carboxylic acids is 1. The normalized spacial score (nSPS) is 26.5. The molecule has 0 aromatic carbocycles. The van der Waals surface area contributed by atoms with Crippen LogP contribution in [0.15, 0.2) is 0 Å². The van der Waals surface area contributed by atoms with Gasteiger partial charge in [0.05, 0.1) is 0 Å². The molecule has 5 heteroatoms. The number of hydrogen-bond acceptors (Lipinski definition) is 2. The zero-order valence-corrected chi connectivity index (χ0v) is 12.5. The standard InChI is InChI=1S/C15H26N2O3/c1-15(2)7-3-4-12(15)16-14(20)17-8-5-11(6-9-17)10-13(18)19/h11-12H,3-10H2,1-2H3,(H,16,20)(H,18,19). The first-order valence-corrected chi connectivity index (χ1v) is 7.66. The minimum atomic E-state index is -0.736. The first-order chi connectivity index (χ1) is 9.38. The van der Waals surface area contributed by atoms with E-state index in [0.29, 0.717) is 13.1 Å². The maximum Gasteiger partial charge on any atom is 0.317 e. The van der Waals surface area contributed by atoms with Gasteiger partial charge >= 0.3 is 12.0 Å². The summed E-state index contributed by atoms with van der Waals surface area (Å²) in [5.74, 6) is -0.514. The molecular formula is C15H26N2O3. The quantitative estimate of drug-likeness (QED) is 0.835. The van der Waals surface area contributed by atoms with Gasteiger partial charge in [0.2, 0.25) is 0 Å². The molecule has 20 heavy (non-hydrogen) atoms.